The van der Waals surface area contributed by atoms with Crippen LogP contribution in [0.5, 0.6) is 0 Å². The lowest BCUT2D eigenvalue weighted by Crippen LogP contribution is -2.17. The second-order valence-electron chi connectivity index (χ2n) is 4.78. The number of hydrogen-bond acceptors (Lipinski definition) is 6. The number of rotatable bonds is 3. The van der Waals surface area contributed by atoms with Gasteiger partial charge in [-0.2, -0.15) is 0 Å². The standard InChI is InChI=1S/C14H14N6O3/c1-23-14(22)16-12-7-19(18-17-12)8-13(21)20-6-10(15)9-4-2-3-5-11(9)20/h2-7H,8,15H2,1H3,(H,16,22). The molecule has 3 N–H and O–H groups in total. The van der Waals surface area contributed by atoms with Crippen LogP contribution >= 0.6 is 0 Å². The van der Waals surface area contributed by atoms with Gasteiger partial charge >= 0.3 is 6.09 Å². The van der Waals surface area contributed by atoms with E-state index in [1.165, 1.54) is 22.6 Å². The molecule has 0 fully saturated rings. The number of nitrogens with one attached hydrogen (secondary N) is 1. The van der Waals surface area contributed by atoms with Gasteiger partial charge in [-0.25, -0.2) is 9.48 Å². The fourth-order valence-corrected chi connectivity index (χ4v) is 2.22. The summed E-state index contributed by atoms with van der Waals surface area (Å²) in [5, 5.41) is 10.7. The molecule has 0 aliphatic rings. The number of methoxy groups -OCH3 is 1. The molecule has 0 spiro atoms. The lowest BCUT2D eigenvalue weighted by molar-refractivity contribution is 0.0891. The topological polar surface area (TPSA) is 117 Å². The number of carbonyl (C=O) groups excluding carboxylic acids is 2. The first-order valence-electron chi connectivity index (χ1n) is 6.72. The maximum atomic E-state index is 12.4. The third-order valence-corrected chi connectivity index (χ3v) is 3.26. The van der Waals surface area contributed by atoms with Crippen LogP contribution in [0.1, 0.15) is 4.79 Å². The molecule has 9 heteroatoms. The van der Waals surface area contributed by atoms with Gasteiger partial charge in [-0.3, -0.25) is 14.7 Å². The van der Waals surface area contributed by atoms with E-state index in [-0.39, 0.29) is 18.3 Å². The summed E-state index contributed by atoms with van der Waals surface area (Å²) in [5.41, 5.74) is 7.17. The molecule has 0 unspecified atom stereocenters. The monoisotopic (exact) mass is 314 g/mol. The van der Waals surface area contributed by atoms with Crippen LogP contribution in [0.2, 0.25) is 0 Å². The summed E-state index contributed by atoms with van der Waals surface area (Å²) in [6.45, 7) is -0.0477. The first-order valence-corrected chi connectivity index (χ1v) is 6.72. The Kier molecular flexibility index (Phi) is 3.67. The molecule has 2 aromatic heterocycles. The Morgan fingerprint density at radius 2 is 2.09 bits per heavy atom. The Balaban J connectivity index is 1.80. The molecular weight excluding hydrogens is 300 g/mol. The number of aromatic nitrogens is 4. The van der Waals surface area contributed by atoms with Crippen molar-refractivity contribution in [3.05, 3.63) is 36.7 Å². The minimum absolute atomic E-state index is 0.0477. The van der Waals surface area contributed by atoms with Crippen molar-refractivity contribution in [2.45, 2.75) is 6.54 Å². The number of hydrogen-bond donors (Lipinski definition) is 2. The number of nitrogen functional groups attached to an aromatic ring is 1. The number of anilines is 2. The SMILES string of the molecule is COC(=O)Nc1cn(CC(=O)n2cc(N)c3ccccc32)nn1. The average molecular weight is 314 g/mol. The zero-order valence-corrected chi connectivity index (χ0v) is 12.3. The lowest BCUT2D eigenvalue weighted by atomic mass is 10.2. The third-order valence-electron chi connectivity index (χ3n) is 3.26. The van der Waals surface area contributed by atoms with E-state index in [4.69, 9.17) is 5.73 Å². The Hall–Kier alpha value is -3.36. The Morgan fingerprint density at radius 1 is 1.30 bits per heavy atom. The van der Waals surface area contributed by atoms with Gasteiger partial charge < -0.3 is 10.5 Å². The number of carbonyl (C=O) groups is 2. The zero-order valence-electron chi connectivity index (χ0n) is 12.3. The molecule has 23 heavy (non-hydrogen) atoms. The van der Waals surface area contributed by atoms with Crippen LogP contribution in [-0.2, 0) is 11.3 Å². The molecule has 0 saturated heterocycles. The van der Waals surface area contributed by atoms with Gasteiger partial charge in [0, 0.05) is 11.6 Å². The van der Waals surface area contributed by atoms with E-state index < -0.39 is 6.09 Å². The smallest absolute Gasteiger partial charge is 0.412 e. The maximum Gasteiger partial charge on any atom is 0.412 e. The highest BCUT2D eigenvalue weighted by atomic mass is 16.5. The van der Waals surface area contributed by atoms with Crippen molar-refractivity contribution in [2.75, 3.05) is 18.2 Å². The summed E-state index contributed by atoms with van der Waals surface area (Å²) in [6, 6.07) is 7.35. The van der Waals surface area contributed by atoms with Crippen molar-refractivity contribution < 1.29 is 14.3 Å². The lowest BCUT2D eigenvalue weighted by Gasteiger charge is -2.03. The fraction of sp³-hybridized carbons (Fsp3) is 0.143. The summed E-state index contributed by atoms with van der Waals surface area (Å²) >= 11 is 0. The molecule has 0 aliphatic carbocycles. The van der Waals surface area contributed by atoms with Crippen LogP contribution < -0.4 is 11.1 Å². The normalized spacial score (nSPS) is 10.7. The van der Waals surface area contributed by atoms with Gasteiger partial charge in [0.15, 0.2) is 5.82 Å². The van der Waals surface area contributed by atoms with Crippen molar-refractivity contribution in [2.24, 2.45) is 0 Å². The summed E-state index contributed by atoms with van der Waals surface area (Å²) in [4.78, 5) is 23.5. The van der Waals surface area contributed by atoms with Crippen LogP contribution in [0.15, 0.2) is 36.7 Å². The van der Waals surface area contributed by atoms with Crippen molar-refractivity contribution in [3.8, 4) is 0 Å². The first kappa shape index (κ1) is 14.6. The van der Waals surface area contributed by atoms with E-state index >= 15 is 0 Å². The molecule has 3 aromatic rings. The van der Waals surface area contributed by atoms with Gasteiger partial charge in [0.25, 0.3) is 5.91 Å². The van der Waals surface area contributed by atoms with Gasteiger partial charge in [0.05, 0.1) is 24.5 Å². The van der Waals surface area contributed by atoms with E-state index in [0.29, 0.717) is 5.69 Å². The van der Waals surface area contributed by atoms with Gasteiger partial charge in [0.2, 0.25) is 0 Å². The van der Waals surface area contributed by atoms with Crippen LogP contribution in [0.25, 0.3) is 10.9 Å². The van der Waals surface area contributed by atoms with E-state index in [0.717, 1.165) is 10.9 Å². The molecule has 1 amide bonds. The Morgan fingerprint density at radius 3 is 2.87 bits per heavy atom. The van der Waals surface area contributed by atoms with Crippen LogP contribution in [0.3, 0.4) is 0 Å². The molecule has 0 aliphatic heterocycles. The minimum Gasteiger partial charge on any atom is -0.453 e. The largest absolute Gasteiger partial charge is 0.453 e. The van der Waals surface area contributed by atoms with Crippen molar-refractivity contribution in [3.63, 3.8) is 0 Å². The summed E-state index contributed by atoms with van der Waals surface area (Å²) in [7, 11) is 1.24. The number of nitrogens with two attached hydrogens (primary N) is 1. The summed E-state index contributed by atoms with van der Waals surface area (Å²) < 4.78 is 7.24. The number of amides is 1. The molecule has 1 aromatic carbocycles. The number of nitrogens with zero attached hydrogens (tertiary/aromatic N) is 4. The number of ether oxygens (including phenoxy) is 1. The second-order valence-corrected chi connectivity index (χ2v) is 4.78. The Bertz CT molecular complexity index is 882. The highest BCUT2D eigenvalue weighted by Crippen LogP contribution is 2.23. The molecule has 0 bridgehead atoms. The number of para-hydroxylation sites is 1. The van der Waals surface area contributed by atoms with Crippen molar-refractivity contribution >= 4 is 34.4 Å². The van der Waals surface area contributed by atoms with Crippen LogP contribution in [0, 0.1) is 0 Å². The van der Waals surface area contributed by atoms with Gasteiger partial charge in [0.1, 0.15) is 6.54 Å². The highest BCUT2D eigenvalue weighted by molar-refractivity contribution is 5.99. The zero-order chi connectivity index (χ0) is 16.4. The summed E-state index contributed by atoms with van der Waals surface area (Å²) in [6.07, 6.45) is 2.36. The van der Waals surface area contributed by atoms with Gasteiger partial charge in [-0.1, -0.05) is 23.4 Å². The van der Waals surface area contributed by atoms with Gasteiger partial charge in [-0.15, -0.1) is 5.10 Å². The predicted octanol–water partition coefficient (Wildman–Crippen LogP) is 1.33. The molecule has 0 atom stereocenters. The molecule has 118 valence electrons. The van der Waals surface area contributed by atoms with E-state index in [1.54, 1.807) is 6.20 Å². The third kappa shape index (κ3) is 2.84. The fourth-order valence-electron chi connectivity index (χ4n) is 2.22. The average Bonchev–Trinajstić information content (AvgIpc) is 3.12. The van der Waals surface area contributed by atoms with Crippen LogP contribution in [-0.4, -0.2) is 38.7 Å². The van der Waals surface area contributed by atoms with Gasteiger partial charge in [-0.05, 0) is 6.07 Å². The molecule has 0 saturated carbocycles. The molecule has 9 nitrogen and oxygen atoms in total. The van der Waals surface area contributed by atoms with Crippen molar-refractivity contribution in [1.29, 1.82) is 0 Å². The minimum atomic E-state index is -0.660. The molecule has 0 radical (unpaired) electrons. The number of benzene rings is 1. The predicted molar refractivity (Wildman–Crippen MR) is 83.0 cm³/mol. The van der Waals surface area contributed by atoms with Crippen LogP contribution in [0.4, 0.5) is 16.3 Å². The molecule has 2 heterocycles. The molecule has 3 rings (SSSR count). The van der Waals surface area contributed by atoms with E-state index in [1.807, 2.05) is 24.3 Å². The van der Waals surface area contributed by atoms with E-state index in [9.17, 15) is 9.59 Å². The molecular formula is C14H14N6O3. The van der Waals surface area contributed by atoms with E-state index in [2.05, 4.69) is 20.4 Å². The van der Waals surface area contributed by atoms with Crippen molar-refractivity contribution in [1.82, 2.24) is 19.6 Å². The highest BCUT2D eigenvalue weighted by Gasteiger charge is 2.14. The Labute approximate surface area is 130 Å². The maximum absolute atomic E-state index is 12.4. The summed E-state index contributed by atoms with van der Waals surface area (Å²) in [5.74, 6) is -0.0334. The second kappa shape index (κ2) is 5.79. The first-order chi connectivity index (χ1) is 11.1. The number of fused-ring (bicyclic) bond motifs is 1. The quantitative estimate of drug-likeness (QED) is 0.753.